The maximum atomic E-state index is 11.2. The van der Waals surface area contributed by atoms with Gasteiger partial charge in [0, 0.05) is 31.2 Å². The number of aldehydes is 1. The second-order valence-corrected chi connectivity index (χ2v) is 6.84. The molecular formula is C22H22O4. The van der Waals surface area contributed by atoms with Gasteiger partial charge in [0.2, 0.25) is 0 Å². The molecule has 0 fully saturated rings. The first kappa shape index (κ1) is 18.2. The van der Waals surface area contributed by atoms with Crippen LogP contribution in [0.5, 0.6) is 0 Å². The van der Waals surface area contributed by atoms with Crippen molar-refractivity contribution in [2.75, 3.05) is 0 Å². The fourth-order valence-corrected chi connectivity index (χ4v) is 3.46. The molecule has 4 heteroatoms. The minimum atomic E-state index is 0.0570. The number of aliphatic hydroxyl groups is 1. The number of Topliss-reactive ketones (excluding diaryl/α,β-unsaturated/α-hetero) is 2. The highest BCUT2D eigenvalue weighted by Gasteiger charge is 2.16. The standard InChI is InChI=1S/C11H12O2.C11H10O2/c2*12-7-8-1-2-9-3-4-11(13)6-10(9)5-8/h1-2,5,12H,3-4,6-7H2;1-2,5,7H,3-4,6H2. The molecule has 0 heterocycles. The van der Waals surface area contributed by atoms with E-state index in [0.717, 1.165) is 35.8 Å². The Labute approximate surface area is 152 Å². The molecule has 26 heavy (non-hydrogen) atoms. The fourth-order valence-electron chi connectivity index (χ4n) is 3.46. The lowest BCUT2D eigenvalue weighted by Crippen LogP contribution is -2.13. The van der Waals surface area contributed by atoms with Gasteiger partial charge < -0.3 is 5.11 Å². The Bertz CT molecular complexity index is 851. The highest BCUT2D eigenvalue weighted by atomic mass is 16.3. The molecular weight excluding hydrogens is 328 g/mol. The van der Waals surface area contributed by atoms with E-state index in [0.29, 0.717) is 37.0 Å². The van der Waals surface area contributed by atoms with Crippen molar-refractivity contribution >= 4 is 17.9 Å². The number of fused-ring (bicyclic) bond motifs is 2. The zero-order valence-electron chi connectivity index (χ0n) is 14.7. The molecule has 0 spiro atoms. The zero-order chi connectivity index (χ0) is 18.5. The van der Waals surface area contributed by atoms with Gasteiger partial charge in [-0.25, -0.2) is 0 Å². The van der Waals surface area contributed by atoms with Crippen molar-refractivity contribution in [2.24, 2.45) is 0 Å². The Morgan fingerprint density at radius 2 is 1.35 bits per heavy atom. The van der Waals surface area contributed by atoms with Crippen LogP contribution in [-0.2, 0) is 41.9 Å². The summed E-state index contributed by atoms with van der Waals surface area (Å²) in [6, 6.07) is 11.5. The molecule has 0 bridgehead atoms. The number of carbonyl (C=O) groups is 3. The van der Waals surface area contributed by atoms with Crippen LogP contribution in [0.15, 0.2) is 36.4 Å². The molecule has 0 saturated heterocycles. The predicted molar refractivity (Wildman–Crippen MR) is 98.3 cm³/mol. The van der Waals surface area contributed by atoms with Gasteiger partial charge >= 0.3 is 0 Å². The Balaban J connectivity index is 0.000000151. The maximum absolute atomic E-state index is 11.2. The van der Waals surface area contributed by atoms with E-state index in [-0.39, 0.29) is 12.4 Å². The predicted octanol–water partition coefficient (Wildman–Crippen LogP) is 2.79. The lowest BCUT2D eigenvalue weighted by atomic mass is 9.90. The molecule has 0 saturated carbocycles. The van der Waals surface area contributed by atoms with E-state index in [1.807, 2.05) is 36.4 Å². The molecule has 4 nitrogen and oxygen atoms in total. The maximum Gasteiger partial charge on any atom is 0.150 e. The van der Waals surface area contributed by atoms with Crippen molar-refractivity contribution in [1.29, 1.82) is 0 Å². The van der Waals surface area contributed by atoms with Crippen LogP contribution in [0.25, 0.3) is 0 Å². The molecule has 0 aliphatic heterocycles. The number of carbonyl (C=O) groups excluding carboxylic acids is 3. The summed E-state index contributed by atoms with van der Waals surface area (Å²) in [5.41, 5.74) is 6.16. The van der Waals surface area contributed by atoms with Gasteiger partial charge in [-0.2, -0.15) is 0 Å². The fraction of sp³-hybridized carbons (Fsp3) is 0.318. The first-order valence-electron chi connectivity index (χ1n) is 8.91. The molecule has 2 aromatic rings. The molecule has 0 aromatic heterocycles. The largest absolute Gasteiger partial charge is 0.392 e. The van der Waals surface area contributed by atoms with Crippen LogP contribution >= 0.6 is 0 Å². The summed E-state index contributed by atoms with van der Waals surface area (Å²) in [5, 5.41) is 8.92. The number of benzene rings is 2. The van der Waals surface area contributed by atoms with Gasteiger partial charge in [-0.15, -0.1) is 0 Å². The Hall–Kier alpha value is -2.59. The van der Waals surface area contributed by atoms with Gasteiger partial charge in [0.25, 0.3) is 0 Å². The van der Waals surface area contributed by atoms with E-state index < -0.39 is 0 Å². The Kier molecular flexibility index (Phi) is 5.74. The van der Waals surface area contributed by atoms with Gasteiger partial charge in [0.1, 0.15) is 17.9 Å². The van der Waals surface area contributed by atoms with Crippen molar-refractivity contribution in [3.63, 3.8) is 0 Å². The molecule has 2 aliphatic carbocycles. The lowest BCUT2D eigenvalue weighted by molar-refractivity contribution is -0.119. The van der Waals surface area contributed by atoms with Crippen LogP contribution in [0.3, 0.4) is 0 Å². The van der Waals surface area contributed by atoms with E-state index >= 15 is 0 Å². The molecule has 0 unspecified atom stereocenters. The topological polar surface area (TPSA) is 71.4 Å². The van der Waals surface area contributed by atoms with E-state index in [2.05, 4.69) is 0 Å². The number of aryl methyl sites for hydroxylation is 2. The van der Waals surface area contributed by atoms with E-state index in [4.69, 9.17) is 5.11 Å². The molecule has 0 atom stereocenters. The molecule has 0 amide bonds. The van der Waals surface area contributed by atoms with Crippen molar-refractivity contribution in [3.8, 4) is 0 Å². The minimum absolute atomic E-state index is 0.0570. The van der Waals surface area contributed by atoms with Gasteiger partial charge in [-0.1, -0.05) is 30.3 Å². The number of hydrogen-bond donors (Lipinski definition) is 1. The van der Waals surface area contributed by atoms with Crippen LogP contribution in [0, 0.1) is 0 Å². The zero-order valence-corrected chi connectivity index (χ0v) is 14.7. The second kappa shape index (κ2) is 8.19. The summed E-state index contributed by atoms with van der Waals surface area (Å²) in [5.74, 6) is 0.582. The van der Waals surface area contributed by atoms with Crippen LogP contribution in [0.1, 0.15) is 51.0 Å². The van der Waals surface area contributed by atoms with Gasteiger partial charge in [0.05, 0.1) is 6.61 Å². The lowest BCUT2D eigenvalue weighted by Gasteiger charge is -2.15. The quantitative estimate of drug-likeness (QED) is 0.846. The summed E-state index contributed by atoms with van der Waals surface area (Å²) in [4.78, 5) is 32.8. The molecule has 0 radical (unpaired) electrons. The molecule has 2 aliphatic rings. The first-order valence-corrected chi connectivity index (χ1v) is 8.91. The molecule has 2 aromatic carbocycles. The van der Waals surface area contributed by atoms with Crippen molar-refractivity contribution < 1.29 is 19.5 Å². The summed E-state index contributed by atoms with van der Waals surface area (Å²) in [6.45, 7) is 0.0570. The summed E-state index contributed by atoms with van der Waals surface area (Å²) >= 11 is 0. The SMILES string of the molecule is O=C1CCc2ccc(CO)cc2C1.O=Cc1ccc2c(c1)CC(=O)CC2. The third-order valence-corrected chi connectivity index (χ3v) is 4.94. The average molecular weight is 350 g/mol. The highest BCUT2D eigenvalue weighted by Crippen LogP contribution is 2.21. The normalized spacial score (nSPS) is 15.4. The van der Waals surface area contributed by atoms with Crippen LogP contribution in [0.4, 0.5) is 0 Å². The van der Waals surface area contributed by atoms with Crippen molar-refractivity contribution in [2.45, 2.75) is 45.1 Å². The first-order chi connectivity index (χ1) is 12.6. The smallest absolute Gasteiger partial charge is 0.150 e. The van der Waals surface area contributed by atoms with Crippen LogP contribution in [-0.4, -0.2) is 23.0 Å². The monoisotopic (exact) mass is 350 g/mol. The highest BCUT2D eigenvalue weighted by molar-refractivity contribution is 5.84. The number of aliphatic hydroxyl groups excluding tert-OH is 1. The van der Waals surface area contributed by atoms with E-state index in [9.17, 15) is 14.4 Å². The van der Waals surface area contributed by atoms with Crippen LogP contribution in [0.2, 0.25) is 0 Å². The van der Waals surface area contributed by atoms with Crippen molar-refractivity contribution in [3.05, 3.63) is 69.8 Å². The van der Waals surface area contributed by atoms with Gasteiger partial charge in [-0.05, 0) is 46.7 Å². The minimum Gasteiger partial charge on any atom is -0.392 e. The number of hydrogen-bond acceptors (Lipinski definition) is 4. The summed E-state index contributed by atoms with van der Waals surface area (Å²) in [7, 11) is 0. The Morgan fingerprint density at radius 1 is 0.769 bits per heavy atom. The third-order valence-electron chi connectivity index (χ3n) is 4.94. The van der Waals surface area contributed by atoms with Crippen LogP contribution < -0.4 is 0 Å². The molecule has 134 valence electrons. The molecule has 1 N–H and O–H groups in total. The third kappa shape index (κ3) is 4.33. The molecule has 4 rings (SSSR count). The van der Waals surface area contributed by atoms with E-state index in [1.165, 1.54) is 11.1 Å². The van der Waals surface area contributed by atoms with Gasteiger partial charge in [0.15, 0.2) is 0 Å². The van der Waals surface area contributed by atoms with Gasteiger partial charge in [-0.3, -0.25) is 14.4 Å². The second-order valence-electron chi connectivity index (χ2n) is 6.84. The summed E-state index contributed by atoms with van der Waals surface area (Å²) < 4.78 is 0. The van der Waals surface area contributed by atoms with Crippen molar-refractivity contribution in [1.82, 2.24) is 0 Å². The van der Waals surface area contributed by atoms with E-state index in [1.54, 1.807) is 0 Å². The number of ketones is 2. The summed E-state index contributed by atoms with van der Waals surface area (Å²) in [6.07, 6.45) is 4.87. The Morgan fingerprint density at radius 3 is 1.92 bits per heavy atom. The number of rotatable bonds is 2. The average Bonchev–Trinajstić information content (AvgIpc) is 2.67.